The van der Waals surface area contributed by atoms with E-state index in [1.165, 1.54) is 30.3 Å². The average molecular weight is 1150 g/mol. The number of fused-ring (bicyclic) bond motifs is 2. The van der Waals surface area contributed by atoms with Crippen molar-refractivity contribution in [2.75, 3.05) is 18.5 Å². The Hall–Kier alpha value is -6.72. The first kappa shape index (κ1) is 59.5. The molecule has 18 nitrogen and oxygen atoms in total. The van der Waals surface area contributed by atoms with Crippen molar-refractivity contribution in [3.05, 3.63) is 166 Å². The molecule has 1 amide bonds. The first-order valence-electron chi connectivity index (χ1n) is 23.2. The molecule has 77 heavy (non-hydrogen) atoms. The smallest absolute Gasteiger partial charge is 0.871 e. The Balaban J connectivity index is 0.000000246. The molecule has 0 aromatic heterocycles. The summed E-state index contributed by atoms with van der Waals surface area (Å²) in [4.78, 5) is 16.3. The van der Waals surface area contributed by atoms with E-state index in [-0.39, 0.29) is 106 Å². The Morgan fingerprint density at radius 1 is 0.610 bits per heavy atom. The van der Waals surface area contributed by atoms with Crippen molar-refractivity contribution in [1.29, 1.82) is 0 Å². The van der Waals surface area contributed by atoms with Crippen LogP contribution in [0.25, 0.3) is 21.5 Å². The molecule has 0 aliphatic rings. The van der Waals surface area contributed by atoms with Crippen LogP contribution in [0.5, 0.6) is 23.0 Å². The van der Waals surface area contributed by atoms with Crippen LogP contribution < -0.4 is 25.0 Å². The Morgan fingerprint density at radius 3 is 1.61 bits per heavy atom. The standard InChI is InChI=1S/2C27H24ClN3O6S.Ca/c2*1-3-19-23(13-12-22(28)26(19)38(34,35)36)30-31-24-20-11-6-5-8-16(20)14-21(25(24)32)27(33)29-17-9-7-10-18(15-17)37-4-2;/h2*5-15,32H,3-4H2,1-2H3,(H,29,33)(H,34,35,36);/q;;+2/p-2. The normalized spacial score (nSPS) is 11.9. The van der Waals surface area contributed by atoms with Gasteiger partial charge in [0.05, 0.1) is 51.6 Å². The Bertz CT molecular complexity index is 3860. The van der Waals surface area contributed by atoms with Gasteiger partial charge in [-0.2, -0.15) is 32.2 Å². The monoisotopic (exact) mass is 1140 g/mol. The van der Waals surface area contributed by atoms with Crippen LogP contribution in [0, 0.1) is 0 Å². The number of nitrogens with zero attached hydrogens (tertiary/aromatic N) is 5. The average Bonchev–Trinajstić information content (AvgIpc) is 3.39. The number of amides is 1. The molecular formula is C54H46CaCl2N6O12S2. The van der Waals surface area contributed by atoms with Crippen molar-refractivity contribution >= 4 is 149 Å². The molecule has 8 rings (SSSR count). The van der Waals surface area contributed by atoms with Crippen molar-refractivity contribution in [2.24, 2.45) is 25.4 Å². The van der Waals surface area contributed by atoms with E-state index < -0.39 is 53.3 Å². The predicted molar refractivity (Wildman–Crippen MR) is 294 cm³/mol. The van der Waals surface area contributed by atoms with Crippen molar-refractivity contribution < 1.29 is 55.5 Å². The molecule has 0 bridgehead atoms. The molecule has 0 saturated heterocycles. The minimum Gasteiger partial charge on any atom is -0.871 e. The van der Waals surface area contributed by atoms with Gasteiger partial charge in [-0.25, -0.2) is 0 Å². The second-order valence-electron chi connectivity index (χ2n) is 16.2. The molecule has 0 saturated carbocycles. The van der Waals surface area contributed by atoms with Crippen molar-refractivity contribution in [1.82, 2.24) is 0 Å². The second-order valence-corrected chi connectivity index (χ2v) is 19.8. The number of hydrogen-bond donors (Lipinski definition) is 4. The van der Waals surface area contributed by atoms with Crippen molar-refractivity contribution in [3.63, 3.8) is 0 Å². The van der Waals surface area contributed by atoms with Crippen LogP contribution in [0.2, 0.25) is 10.0 Å². The molecule has 0 aliphatic carbocycles. The van der Waals surface area contributed by atoms with Gasteiger partial charge < -0.3 is 30.1 Å². The summed E-state index contributed by atoms with van der Waals surface area (Å²) in [5.74, 6) is -1.32. The first-order chi connectivity index (χ1) is 36.3. The number of halogens is 2. The van der Waals surface area contributed by atoms with E-state index >= 15 is 0 Å². The van der Waals surface area contributed by atoms with Gasteiger partial charge in [0.15, 0.2) is 5.75 Å². The number of ether oxygens (including phenoxy) is 2. The summed E-state index contributed by atoms with van der Waals surface area (Å²) >= 11 is 12.0. The largest absolute Gasteiger partial charge is 2.00 e. The van der Waals surface area contributed by atoms with Crippen LogP contribution >= 0.6 is 23.2 Å². The summed E-state index contributed by atoms with van der Waals surface area (Å²) in [5.41, 5.74) is 0.989. The fourth-order valence-electron chi connectivity index (χ4n) is 7.99. The van der Waals surface area contributed by atoms with E-state index in [1.807, 2.05) is 13.8 Å². The summed E-state index contributed by atoms with van der Waals surface area (Å²) in [7, 11) is -9.26. The summed E-state index contributed by atoms with van der Waals surface area (Å²) in [5, 5.41) is 58.8. The van der Waals surface area contributed by atoms with Crippen LogP contribution in [-0.4, -0.2) is 93.8 Å². The zero-order chi connectivity index (χ0) is 54.9. The zero-order valence-electron chi connectivity index (χ0n) is 41.6. The van der Waals surface area contributed by atoms with Gasteiger partial charge >= 0.3 is 37.7 Å². The minimum atomic E-state index is -4.64. The van der Waals surface area contributed by atoms with E-state index in [0.29, 0.717) is 57.6 Å². The van der Waals surface area contributed by atoms with Crippen molar-refractivity contribution in [3.8, 4) is 23.0 Å². The van der Waals surface area contributed by atoms with Gasteiger partial charge in [0.2, 0.25) is 0 Å². The van der Waals surface area contributed by atoms with Crippen LogP contribution in [0.15, 0.2) is 169 Å². The first-order valence-corrected chi connectivity index (χ1v) is 26.8. The number of nitrogens with one attached hydrogen (secondary N) is 1. The van der Waals surface area contributed by atoms with Gasteiger partial charge in [0, 0.05) is 39.7 Å². The minimum absolute atomic E-state index is 0. The molecule has 0 fully saturated rings. The predicted octanol–water partition coefficient (Wildman–Crippen LogP) is 12.3. The Labute approximate surface area is 483 Å². The van der Waals surface area contributed by atoms with E-state index in [1.54, 1.807) is 117 Å². The van der Waals surface area contributed by atoms with E-state index in [4.69, 9.17) is 32.7 Å². The number of aliphatic imine (C=N–C) groups is 1. The third-order valence-corrected chi connectivity index (χ3v) is 14.1. The van der Waals surface area contributed by atoms with E-state index in [0.717, 1.165) is 0 Å². The van der Waals surface area contributed by atoms with Gasteiger partial charge in [-0.05, 0) is 110 Å². The third-order valence-electron chi connectivity index (χ3n) is 11.3. The molecule has 0 atom stereocenters. The maximum absolute atomic E-state index is 13.4. The molecule has 4 N–H and O–H groups in total. The van der Waals surface area contributed by atoms with Crippen LogP contribution in [-0.2, 0) is 33.1 Å². The van der Waals surface area contributed by atoms with Gasteiger partial charge in [0.1, 0.15) is 27.0 Å². The fraction of sp³-hybridized carbons (Fsp3) is 0.148. The number of carbonyl (C=O) groups is 1. The zero-order valence-corrected chi connectivity index (χ0v) is 46.9. The number of azo groups is 2. The van der Waals surface area contributed by atoms with Gasteiger partial charge in [-0.3, -0.25) is 18.9 Å². The van der Waals surface area contributed by atoms with Crippen LogP contribution in [0.1, 0.15) is 54.7 Å². The van der Waals surface area contributed by atoms with Crippen molar-refractivity contribution in [2.45, 2.75) is 50.3 Å². The Kier molecular flexibility index (Phi) is 20.2. The molecule has 0 radical (unpaired) electrons. The number of aromatic hydroxyl groups is 1. The maximum Gasteiger partial charge on any atom is 2.00 e. The number of benzene rings is 8. The molecular weight excluding hydrogens is 1100 g/mol. The maximum atomic E-state index is 13.4. The van der Waals surface area contributed by atoms with E-state index in [9.17, 15) is 46.1 Å². The topological polar surface area (TPSA) is 284 Å². The van der Waals surface area contributed by atoms with Gasteiger partial charge in [-0.1, -0.05) is 103 Å². The quantitative estimate of drug-likeness (QED) is 0.0231. The molecule has 0 unspecified atom stereocenters. The molecule has 8 aromatic rings. The van der Waals surface area contributed by atoms with E-state index in [2.05, 4.69) is 30.8 Å². The Morgan fingerprint density at radius 2 is 1.09 bits per heavy atom. The molecule has 0 heterocycles. The molecule has 392 valence electrons. The number of carbonyl (C=O) groups excluding carboxylic acids is 1. The summed E-state index contributed by atoms with van der Waals surface area (Å²) < 4.78 is 77.9. The van der Waals surface area contributed by atoms with Crippen LogP contribution in [0.3, 0.4) is 0 Å². The fourth-order valence-corrected chi connectivity index (χ4v) is 10.7. The molecule has 0 spiro atoms. The summed E-state index contributed by atoms with van der Waals surface area (Å²) in [6, 6.07) is 35.8. The summed E-state index contributed by atoms with van der Waals surface area (Å²) in [6.07, 6.45) is 0.341. The molecule has 8 aromatic carbocycles. The number of anilines is 1. The SMILES string of the molecule is CCOc1cccc(N=C([O-])c2cc3ccccc3c(N=Nc3ccc(Cl)c(S(=O)(=O)O)c3CC)c2[O-])c1.CCOc1cccc(NC(=O)c2cc3ccccc3c(N=Nc3ccc(Cl)c(S(=O)(=O)O)c3CC)c2O)c1.[Ca+2]. The van der Waals surface area contributed by atoms with Gasteiger partial charge in [-0.15, -0.1) is 5.11 Å². The third kappa shape index (κ3) is 14.1. The summed E-state index contributed by atoms with van der Waals surface area (Å²) in [6.45, 7) is 7.94. The molecule has 23 heteroatoms. The number of phenolic OH excluding ortho intramolecular Hbond substituents is 1. The van der Waals surface area contributed by atoms with Crippen LogP contribution in [0.4, 0.5) is 34.1 Å². The second kappa shape index (κ2) is 26.1. The number of rotatable bonds is 16. The number of hydrogen-bond acceptors (Lipinski definition) is 15. The molecule has 0 aliphatic heterocycles. The van der Waals surface area contributed by atoms with Gasteiger partial charge in [0.25, 0.3) is 26.1 Å². The number of phenols is 1.